The fourth-order valence-electron chi connectivity index (χ4n) is 2.11. The lowest BCUT2D eigenvalue weighted by atomic mass is 10.2. The van der Waals surface area contributed by atoms with Gasteiger partial charge in [0.25, 0.3) is 0 Å². The molecule has 0 spiro atoms. The highest BCUT2D eigenvalue weighted by Gasteiger charge is 2.06. The summed E-state index contributed by atoms with van der Waals surface area (Å²) in [5.74, 6) is 0. The third-order valence-corrected chi connectivity index (χ3v) is 3.38. The topological polar surface area (TPSA) is 41.5 Å². The van der Waals surface area contributed by atoms with Crippen LogP contribution in [0.15, 0.2) is 60.7 Å². The van der Waals surface area contributed by atoms with Gasteiger partial charge in [0, 0.05) is 19.2 Å². The van der Waals surface area contributed by atoms with Crippen molar-refractivity contribution in [3.63, 3.8) is 0 Å². The lowest BCUT2D eigenvalue weighted by Gasteiger charge is -2.16. The number of aliphatic hydroxyl groups excluding tert-OH is 1. The summed E-state index contributed by atoms with van der Waals surface area (Å²) < 4.78 is 5.65. The van der Waals surface area contributed by atoms with Gasteiger partial charge in [-0.3, -0.25) is 0 Å². The Morgan fingerprint density at radius 1 is 0.905 bits per heavy atom. The van der Waals surface area contributed by atoms with Crippen LogP contribution in [0.5, 0.6) is 0 Å². The van der Waals surface area contributed by atoms with E-state index in [1.165, 1.54) is 11.1 Å². The van der Waals surface area contributed by atoms with Gasteiger partial charge in [0.2, 0.25) is 0 Å². The van der Waals surface area contributed by atoms with Gasteiger partial charge in [0.15, 0.2) is 0 Å². The second-order valence-electron chi connectivity index (χ2n) is 5.07. The SMILES string of the molecule is OCC(CCOCc1ccccc1)NCc1ccccc1. The van der Waals surface area contributed by atoms with Crippen LogP contribution in [0.3, 0.4) is 0 Å². The predicted molar refractivity (Wildman–Crippen MR) is 84.9 cm³/mol. The Balaban J connectivity index is 1.63. The standard InChI is InChI=1S/C18H23NO2/c20-14-18(19-13-16-7-3-1-4-8-16)11-12-21-15-17-9-5-2-6-10-17/h1-10,18-20H,11-15H2. The molecule has 0 amide bonds. The summed E-state index contributed by atoms with van der Waals surface area (Å²) in [4.78, 5) is 0. The molecule has 1 atom stereocenters. The van der Waals surface area contributed by atoms with Gasteiger partial charge in [-0.2, -0.15) is 0 Å². The first-order valence-corrected chi connectivity index (χ1v) is 7.38. The van der Waals surface area contributed by atoms with Crippen molar-refractivity contribution in [2.24, 2.45) is 0 Å². The number of benzene rings is 2. The Morgan fingerprint density at radius 2 is 1.52 bits per heavy atom. The number of ether oxygens (including phenoxy) is 1. The highest BCUT2D eigenvalue weighted by Crippen LogP contribution is 2.03. The average Bonchev–Trinajstić information content (AvgIpc) is 2.56. The van der Waals surface area contributed by atoms with Crippen LogP contribution in [-0.2, 0) is 17.9 Å². The number of rotatable bonds is 9. The molecule has 0 aliphatic rings. The van der Waals surface area contributed by atoms with Crippen molar-refractivity contribution in [2.75, 3.05) is 13.2 Å². The first kappa shape index (κ1) is 15.7. The highest BCUT2D eigenvalue weighted by molar-refractivity contribution is 5.14. The van der Waals surface area contributed by atoms with E-state index in [2.05, 4.69) is 29.6 Å². The van der Waals surface area contributed by atoms with E-state index < -0.39 is 0 Å². The van der Waals surface area contributed by atoms with E-state index in [1.807, 2.05) is 36.4 Å². The zero-order valence-electron chi connectivity index (χ0n) is 12.2. The van der Waals surface area contributed by atoms with Crippen LogP contribution in [0, 0.1) is 0 Å². The van der Waals surface area contributed by atoms with Crippen molar-refractivity contribution >= 4 is 0 Å². The van der Waals surface area contributed by atoms with Crippen molar-refractivity contribution in [3.8, 4) is 0 Å². The molecule has 2 N–H and O–H groups in total. The number of hydrogen-bond donors (Lipinski definition) is 2. The summed E-state index contributed by atoms with van der Waals surface area (Å²) in [6.45, 7) is 2.16. The van der Waals surface area contributed by atoms with Crippen LogP contribution < -0.4 is 5.32 Å². The molecule has 2 aromatic rings. The monoisotopic (exact) mass is 285 g/mol. The van der Waals surface area contributed by atoms with Crippen molar-refractivity contribution in [3.05, 3.63) is 71.8 Å². The van der Waals surface area contributed by atoms with Gasteiger partial charge in [-0.15, -0.1) is 0 Å². The maximum absolute atomic E-state index is 9.40. The van der Waals surface area contributed by atoms with E-state index in [0.717, 1.165) is 13.0 Å². The van der Waals surface area contributed by atoms with Gasteiger partial charge in [-0.05, 0) is 17.5 Å². The molecule has 2 aromatic carbocycles. The fourth-order valence-corrected chi connectivity index (χ4v) is 2.11. The van der Waals surface area contributed by atoms with Crippen LogP contribution in [-0.4, -0.2) is 24.4 Å². The molecule has 0 fully saturated rings. The summed E-state index contributed by atoms with van der Waals surface area (Å²) in [5, 5.41) is 12.8. The van der Waals surface area contributed by atoms with E-state index in [1.54, 1.807) is 0 Å². The minimum Gasteiger partial charge on any atom is -0.395 e. The van der Waals surface area contributed by atoms with Crippen LogP contribution in [0.25, 0.3) is 0 Å². The molecular formula is C18H23NO2. The summed E-state index contributed by atoms with van der Waals surface area (Å²) in [6.07, 6.45) is 0.802. The minimum absolute atomic E-state index is 0.0704. The molecule has 0 aliphatic heterocycles. The number of aliphatic hydroxyl groups is 1. The molecule has 0 saturated heterocycles. The summed E-state index contributed by atoms with van der Waals surface area (Å²) >= 11 is 0. The average molecular weight is 285 g/mol. The fraction of sp³-hybridized carbons (Fsp3) is 0.333. The highest BCUT2D eigenvalue weighted by atomic mass is 16.5. The second-order valence-corrected chi connectivity index (χ2v) is 5.07. The van der Waals surface area contributed by atoms with Crippen molar-refractivity contribution in [1.29, 1.82) is 0 Å². The van der Waals surface area contributed by atoms with Crippen LogP contribution in [0.1, 0.15) is 17.5 Å². The molecule has 3 nitrogen and oxygen atoms in total. The molecule has 2 rings (SSSR count). The third kappa shape index (κ3) is 6.08. The third-order valence-electron chi connectivity index (χ3n) is 3.38. The maximum atomic E-state index is 9.40. The van der Waals surface area contributed by atoms with Crippen molar-refractivity contribution in [2.45, 2.75) is 25.6 Å². The van der Waals surface area contributed by atoms with E-state index >= 15 is 0 Å². The lowest BCUT2D eigenvalue weighted by Crippen LogP contribution is -2.33. The van der Waals surface area contributed by atoms with E-state index in [0.29, 0.717) is 13.2 Å². The first-order chi connectivity index (χ1) is 10.4. The second kappa shape index (κ2) is 9.29. The van der Waals surface area contributed by atoms with Gasteiger partial charge >= 0.3 is 0 Å². The molecule has 0 saturated carbocycles. The maximum Gasteiger partial charge on any atom is 0.0716 e. The quantitative estimate of drug-likeness (QED) is 0.696. The Labute approximate surface area is 126 Å². The zero-order valence-corrected chi connectivity index (χ0v) is 12.2. The van der Waals surface area contributed by atoms with Gasteiger partial charge in [0.1, 0.15) is 0 Å². The largest absolute Gasteiger partial charge is 0.395 e. The van der Waals surface area contributed by atoms with E-state index in [-0.39, 0.29) is 12.6 Å². The van der Waals surface area contributed by atoms with Gasteiger partial charge in [-0.1, -0.05) is 60.7 Å². The Morgan fingerprint density at radius 3 is 2.14 bits per heavy atom. The molecule has 0 bridgehead atoms. The molecule has 1 unspecified atom stereocenters. The normalized spacial score (nSPS) is 12.2. The summed E-state index contributed by atoms with van der Waals surface area (Å²) in [5.41, 5.74) is 2.40. The van der Waals surface area contributed by atoms with Gasteiger partial charge in [-0.25, -0.2) is 0 Å². The van der Waals surface area contributed by atoms with Crippen LogP contribution in [0.4, 0.5) is 0 Å². The molecule has 0 heterocycles. The molecule has 0 aliphatic carbocycles. The predicted octanol–water partition coefficient (Wildman–Crippen LogP) is 2.74. The van der Waals surface area contributed by atoms with Crippen molar-refractivity contribution < 1.29 is 9.84 Å². The molecule has 112 valence electrons. The molecular weight excluding hydrogens is 262 g/mol. The first-order valence-electron chi connectivity index (χ1n) is 7.38. The van der Waals surface area contributed by atoms with Gasteiger partial charge < -0.3 is 15.2 Å². The van der Waals surface area contributed by atoms with Crippen molar-refractivity contribution in [1.82, 2.24) is 5.32 Å². The smallest absolute Gasteiger partial charge is 0.0716 e. The summed E-state index contributed by atoms with van der Waals surface area (Å²) in [7, 11) is 0. The number of nitrogens with one attached hydrogen (secondary N) is 1. The Bertz CT molecular complexity index is 487. The Hall–Kier alpha value is -1.68. The van der Waals surface area contributed by atoms with Crippen LogP contribution in [0.2, 0.25) is 0 Å². The molecule has 21 heavy (non-hydrogen) atoms. The van der Waals surface area contributed by atoms with E-state index in [9.17, 15) is 5.11 Å². The molecule has 0 aromatic heterocycles. The van der Waals surface area contributed by atoms with Crippen LogP contribution >= 0.6 is 0 Å². The molecule has 0 radical (unpaired) electrons. The Kier molecular flexibility index (Phi) is 6.95. The number of hydrogen-bond acceptors (Lipinski definition) is 3. The zero-order chi connectivity index (χ0) is 14.8. The minimum atomic E-state index is 0.0704. The molecule has 3 heteroatoms. The van der Waals surface area contributed by atoms with Gasteiger partial charge in [0.05, 0.1) is 13.2 Å². The van der Waals surface area contributed by atoms with E-state index in [4.69, 9.17) is 4.74 Å². The summed E-state index contributed by atoms with van der Waals surface area (Å²) in [6, 6.07) is 20.4. The lowest BCUT2D eigenvalue weighted by molar-refractivity contribution is 0.102.